The van der Waals surface area contributed by atoms with Crippen molar-refractivity contribution in [1.82, 2.24) is 0 Å². The van der Waals surface area contributed by atoms with Gasteiger partial charge in [0.25, 0.3) is 0 Å². The molecule has 1 aliphatic carbocycles. The fourth-order valence-electron chi connectivity index (χ4n) is 4.33. The molecule has 7 nitrogen and oxygen atoms in total. The van der Waals surface area contributed by atoms with Gasteiger partial charge in [-0.25, -0.2) is 0 Å². The molecule has 0 bridgehead atoms. The van der Waals surface area contributed by atoms with Gasteiger partial charge in [-0.1, -0.05) is 0 Å². The Kier molecular flexibility index (Phi) is 5.02. The number of methoxy groups -OCH3 is 2. The van der Waals surface area contributed by atoms with Crippen LogP contribution in [0.3, 0.4) is 0 Å². The summed E-state index contributed by atoms with van der Waals surface area (Å²) in [6.07, 6.45) is 0.617. The third kappa shape index (κ3) is 3.13. The Morgan fingerprint density at radius 1 is 0.964 bits per heavy atom. The summed E-state index contributed by atoms with van der Waals surface area (Å²) in [6, 6.07) is 3.92. The fourth-order valence-corrected chi connectivity index (χ4v) is 4.33. The maximum atomic E-state index is 12.5. The summed E-state index contributed by atoms with van der Waals surface area (Å²) in [5, 5.41) is 0. The molecule has 0 N–H and O–H groups in total. The number of fused-ring (bicyclic) bond motifs is 3. The van der Waals surface area contributed by atoms with Gasteiger partial charge in [0.15, 0.2) is 11.5 Å². The molecule has 1 aromatic rings. The van der Waals surface area contributed by atoms with E-state index in [9.17, 15) is 9.59 Å². The lowest BCUT2D eigenvalue weighted by Crippen LogP contribution is -2.36. The molecule has 0 fully saturated rings. The summed E-state index contributed by atoms with van der Waals surface area (Å²) in [6.45, 7) is 3.41. The van der Waals surface area contributed by atoms with E-state index in [-0.39, 0.29) is 6.10 Å². The fraction of sp³-hybridized carbons (Fsp3) is 0.524. The SMILES string of the molecule is COC(=O)[C@H]1CC2=C(C[C@@H]1C(=O)OC)C(C)OCc1cc3c(cc12)OCCO3. The smallest absolute Gasteiger partial charge is 0.309 e. The maximum absolute atomic E-state index is 12.5. The van der Waals surface area contributed by atoms with E-state index in [1.165, 1.54) is 14.2 Å². The average Bonchev–Trinajstić information content (AvgIpc) is 2.86. The normalized spacial score (nSPS) is 25.9. The summed E-state index contributed by atoms with van der Waals surface area (Å²) in [4.78, 5) is 24.8. The van der Waals surface area contributed by atoms with Gasteiger partial charge >= 0.3 is 11.9 Å². The molecule has 7 heteroatoms. The molecule has 0 aromatic heterocycles. The highest BCUT2D eigenvalue weighted by Gasteiger charge is 2.43. The molecule has 3 aliphatic rings. The summed E-state index contributed by atoms with van der Waals surface area (Å²) in [5.41, 5.74) is 4.01. The molecular weight excluding hydrogens is 364 g/mol. The molecule has 0 radical (unpaired) electrons. The molecule has 0 saturated heterocycles. The minimum atomic E-state index is -0.595. The van der Waals surface area contributed by atoms with Crippen LogP contribution in [-0.2, 0) is 30.4 Å². The van der Waals surface area contributed by atoms with Crippen molar-refractivity contribution in [2.75, 3.05) is 27.4 Å². The highest BCUT2D eigenvalue weighted by molar-refractivity contribution is 5.87. The van der Waals surface area contributed by atoms with E-state index >= 15 is 0 Å². The van der Waals surface area contributed by atoms with Crippen molar-refractivity contribution in [2.45, 2.75) is 32.5 Å². The van der Waals surface area contributed by atoms with Crippen LogP contribution in [0.2, 0.25) is 0 Å². The molecule has 1 unspecified atom stereocenters. The highest BCUT2D eigenvalue weighted by atomic mass is 16.6. The first kappa shape index (κ1) is 18.8. The first-order valence-corrected chi connectivity index (χ1v) is 9.45. The number of hydrogen-bond donors (Lipinski definition) is 0. The first-order valence-electron chi connectivity index (χ1n) is 9.45. The lowest BCUT2D eigenvalue weighted by atomic mass is 9.72. The molecule has 0 saturated carbocycles. The van der Waals surface area contributed by atoms with E-state index in [1.54, 1.807) is 0 Å². The summed E-state index contributed by atoms with van der Waals surface area (Å²) in [7, 11) is 2.68. The summed E-state index contributed by atoms with van der Waals surface area (Å²) in [5.74, 6) is -0.586. The van der Waals surface area contributed by atoms with Crippen molar-refractivity contribution in [1.29, 1.82) is 0 Å². The van der Waals surface area contributed by atoms with Gasteiger partial charge in [-0.15, -0.1) is 0 Å². The van der Waals surface area contributed by atoms with Crippen LogP contribution in [0.15, 0.2) is 17.7 Å². The summed E-state index contributed by atoms with van der Waals surface area (Å²) >= 11 is 0. The molecule has 0 spiro atoms. The molecule has 28 heavy (non-hydrogen) atoms. The Bertz CT molecular complexity index is 841. The van der Waals surface area contributed by atoms with Crippen molar-refractivity contribution >= 4 is 17.5 Å². The van der Waals surface area contributed by atoms with Gasteiger partial charge in [0.05, 0.1) is 38.8 Å². The maximum Gasteiger partial charge on any atom is 0.309 e. The Hall–Kier alpha value is -2.54. The predicted octanol–water partition coefficient (Wildman–Crippen LogP) is 2.50. The second kappa shape index (κ2) is 7.47. The zero-order valence-corrected chi connectivity index (χ0v) is 16.3. The van der Waals surface area contributed by atoms with Crippen molar-refractivity contribution in [3.8, 4) is 11.5 Å². The number of carbonyl (C=O) groups is 2. The molecule has 4 rings (SSSR count). The van der Waals surface area contributed by atoms with Gasteiger partial charge < -0.3 is 23.7 Å². The number of hydrogen-bond acceptors (Lipinski definition) is 7. The van der Waals surface area contributed by atoms with Crippen molar-refractivity contribution in [3.63, 3.8) is 0 Å². The lowest BCUT2D eigenvalue weighted by Gasteiger charge is -2.33. The van der Waals surface area contributed by atoms with Crippen LogP contribution >= 0.6 is 0 Å². The first-order chi connectivity index (χ1) is 13.5. The number of esters is 2. The Morgan fingerprint density at radius 2 is 1.57 bits per heavy atom. The number of carbonyl (C=O) groups excluding carboxylic acids is 2. The van der Waals surface area contributed by atoms with Gasteiger partial charge in [-0.05, 0) is 54.2 Å². The van der Waals surface area contributed by atoms with Gasteiger partial charge in [0.1, 0.15) is 13.2 Å². The van der Waals surface area contributed by atoms with Crippen LogP contribution in [0.1, 0.15) is 30.9 Å². The minimum Gasteiger partial charge on any atom is -0.486 e. The highest BCUT2D eigenvalue weighted by Crippen LogP contribution is 2.47. The van der Waals surface area contributed by atoms with E-state index in [2.05, 4.69) is 0 Å². The quantitative estimate of drug-likeness (QED) is 0.720. The van der Waals surface area contributed by atoms with Gasteiger partial charge in [-0.3, -0.25) is 9.59 Å². The Labute approximate surface area is 163 Å². The van der Waals surface area contributed by atoms with E-state index in [0.717, 1.165) is 22.3 Å². The van der Waals surface area contributed by atoms with Gasteiger partial charge in [0.2, 0.25) is 0 Å². The predicted molar refractivity (Wildman–Crippen MR) is 98.8 cm³/mol. The molecule has 2 aliphatic heterocycles. The standard InChI is InChI=1S/C21H24O7/c1-11-13-7-16(20(22)24-2)17(21(23)25-3)8-15(13)14-9-19-18(26-4-5-27-19)6-12(14)10-28-11/h6,9,11,16-17H,4-5,7-8,10H2,1-3H3/t11?,16-,17-/m0/s1. The van der Waals surface area contributed by atoms with Crippen LogP contribution in [0, 0.1) is 11.8 Å². The van der Waals surface area contributed by atoms with Crippen LogP contribution in [0.4, 0.5) is 0 Å². The van der Waals surface area contributed by atoms with Crippen LogP contribution in [0.25, 0.3) is 5.57 Å². The monoisotopic (exact) mass is 388 g/mol. The largest absolute Gasteiger partial charge is 0.486 e. The molecular formula is C21H24O7. The second-order valence-corrected chi connectivity index (χ2v) is 7.28. The third-order valence-corrected chi connectivity index (χ3v) is 5.82. The van der Waals surface area contributed by atoms with E-state index in [0.29, 0.717) is 44.2 Å². The van der Waals surface area contributed by atoms with Crippen LogP contribution in [0.5, 0.6) is 11.5 Å². The topological polar surface area (TPSA) is 80.3 Å². The van der Waals surface area contributed by atoms with Crippen molar-refractivity contribution in [2.24, 2.45) is 11.8 Å². The minimum absolute atomic E-state index is 0.174. The van der Waals surface area contributed by atoms with Crippen molar-refractivity contribution < 1.29 is 33.3 Å². The van der Waals surface area contributed by atoms with E-state index in [4.69, 9.17) is 23.7 Å². The molecule has 1 aromatic carbocycles. The zero-order chi connectivity index (χ0) is 19.8. The van der Waals surface area contributed by atoms with Gasteiger partial charge in [-0.2, -0.15) is 0 Å². The van der Waals surface area contributed by atoms with Crippen LogP contribution in [-0.4, -0.2) is 45.5 Å². The lowest BCUT2D eigenvalue weighted by molar-refractivity contribution is -0.157. The third-order valence-electron chi connectivity index (χ3n) is 5.82. The van der Waals surface area contributed by atoms with E-state index < -0.39 is 23.8 Å². The second-order valence-electron chi connectivity index (χ2n) is 7.28. The number of allylic oxidation sites excluding steroid dienone is 1. The Morgan fingerprint density at radius 3 is 2.21 bits per heavy atom. The number of rotatable bonds is 2. The molecule has 0 amide bonds. The molecule has 2 heterocycles. The van der Waals surface area contributed by atoms with Crippen LogP contribution < -0.4 is 9.47 Å². The van der Waals surface area contributed by atoms with Gasteiger partial charge in [0, 0.05) is 0 Å². The average molecular weight is 388 g/mol. The number of ether oxygens (including phenoxy) is 5. The molecule has 3 atom stereocenters. The van der Waals surface area contributed by atoms with E-state index in [1.807, 2.05) is 19.1 Å². The van der Waals surface area contributed by atoms with Crippen molar-refractivity contribution in [3.05, 3.63) is 28.8 Å². The number of benzene rings is 1. The Balaban J connectivity index is 1.82. The summed E-state index contributed by atoms with van der Waals surface area (Å²) < 4.78 is 27.5. The molecule has 150 valence electrons. The zero-order valence-electron chi connectivity index (χ0n) is 16.3.